The number of carbonyl (C=O) groups excluding carboxylic acids is 1. The molecule has 2 aromatic heterocycles. The van der Waals surface area contributed by atoms with E-state index in [4.69, 9.17) is 13.9 Å². The third kappa shape index (κ3) is 3.86. The highest BCUT2D eigenvalue weighted by Gasteiger charge is 2.16. The van der Waals surface area contributed by atoms with Crippen LogP contribution in [-0.2, 0) is 0 Å². The first kappa shape index (κ1) is 19.2. The first-order chi connectivity index (χ1) is 14.7. The van der Waals surface area contributed by atoms with Crippen LogP contribution in [-0.4, -0.2) is 25.1 Å². The predicted octanol–water partition coefficient (Wildman–Crippen LogP) is 4.33. The molecule has 0 saturated heterocycles. The lowest BCUT2D eigenvalue weighted by Crippen LogP contribution is -2.22. The Balaban J connectivity index is 1.92. The Morgan fingerprint density at radius 2 is 1.73 bits per heavy atom. The molecule has 0 aliphatic heterocycles. The summed E-state index contributed by atoms with van der Waals surface area (Å²) in [7, 11) is 3.12. The number of anilines is 1. The quantitative estimate of drug-likeness (QED) is 0.538. The first-order valence-electron chi connectivity index (χ1n) is 9.20. The number of benzene rings is 2. The zero-order valence-electron chi connectivity index (χ0n) is 16.5. The fourth-order valence-electron chi connectivity index (χ4n) is 2.98. The number of para-hydroxylation sites is 3. The molecule has 7 heteroatoms. The molecule has 0 spiro atoms. The number of methoxy groups -OCH3 is 2. The highest BCUT2D eigenvalue weighted by molar-refractivity contribution is 6.05. The molecule has 0 bridgehead atoms. The van der Waals surface area contributed by atoms with Gasteiger partial charge in [0.25, 0.3) is 5.91 Å². The lowest BCUT2D eigenvalue weighted by Gasteiger charge is -2.09. The van der Waals surface area contributed by atoms with Crippen molar-refractivity contribution in [2.75, 3.05) is 19.5 Å². The SMILES string of the molecule is COc1ccccc1N=c1oc2c(OC)cccc2cc1C(=O)Nc1ccccn1. The van der Waals surface area contributed by atoms with E-state index in [0.717, 1.165) is 0 Å². The van der Waals surface area contributed by atoms with Gasteiger partial charge in [-0.3, -0.25) is 4.79 Å². The number of hydrogen-bond acceptors (Lipinski definition) is 6. The van der Waals surface area contributed by atoms with Gasteiger partial charge in [-0.2, -0.15) is 0 Å². The first-order valence-corrected chi connectivity index (χ1v) is 9.20. The molecule has 2 aromatic carbocycles. The van der Waals surface area contributed by atoms with Crippen LogP contribution in [0.25, 0.3) is 11.0 Å². The number of carbonyl (C=O) groups is 1. The van der Waals surface area contributed by atoms with Crippen LogP contribution in [0.15, 0.2) is 82.3 Å². The number of aromatic nitrogens is 1. The molecular formula is C23H19N3O4. The highest BCUT2D eigenvalue weighted by atomic mass is 16.5. The van der Waals surface area contributed by atoms with Crippen LogP contribution in [0.2, 0.25) is 0 Å². The molecule has 1 amide bonds. The van der Waals surface area contributed by atoms with E-state index in [9.17, 15) is 4.79 Å². The molecule has 4 aromatic rings. The average Bonchev–Trinajstić information content (AvgIpc) is 2.79. The third-order valence-corrected chi connectivity index (χ3v) is 4.42. The van der Waals surface area contributed by atoms with Crippen molar-refractivity contribution in [2.45, 2.75) is 0 Å². The second-order valence-corrected chi connectivity index (χ2v) is 6.30. The van der Waals surface area contributed by atoms with Crippen molar-refractivity contribution in [3.8, 4) is 11.5 Å². The van der Waals surface area contributed by atoms with Crippen LogP contribution in [0.5, 0.6) is 11.5 Å². The summed E-state index contributed by atoms with van der Waals surface area (Å²) >= 11 is 0. The lowest BCUT2D eigenvalue weighted by molar-refractivity contribution is 0.102. The van der Waals surface area contributed by atoms with Gasteiger partial charge in [-0.15, -0.1) is 0 Å². The Morgan fingerprint density at radius 1 is 0.967 bits per heavy atom. The summed E-state index contributed by atoms with van der Waals surface area (Å²) in [5.41, 5.74) is 1.41. The number of nitrogens with one attached hydrogen (secondary N) is 1. The number of ether oxygens (including phenoxy) is 2. The largest absolute Gasteiger partial charge is 0.494 e. The van der Waals surface area contributed by atoms with E-state index in [1.54, 1.807) is 62.9 Å². The van der Waals surface area contributed by atoms with Gasteiger partial charge < -0.3 is 19.2 Å². The maximum absolute atomic E-state index is 13.0. The highest BCUT2D eigenvalue weighted by Crippen LogP contribution is 2.28. The Hall–Kier alpha value is -4.13. The van der Waals surface area contributed by atoms with Gasteiger partial charge in [0.05, 0.1) is 14.2 Å². The molecule has 4 rings (SSSR count). The van der Waals surface area contributed by atoms with Crippen LogP contribution in [0.1, 0.15) is 10.4 Å². The molecule has 0 unspecified atom stereocenters. The number of hydrogen-bond donors (Lipinski definition) is 1. The molecule has 0 saturated carbocycles. The summed E-state index contributed by atoms with van der Waals surface area (Å²) in [6.07, 6.45) is 1.60. The van der Waals surface area contributed by atoms with E-state index < -0.39 is 5.91 Å². The van der Waals surface area contributed by atoms with E-state index in [0.29, 0.717) is 34.0 Å². The molecule has 0 fully saturated rings. The van der Waals surface area contributed by atoms with E-state index in [1.807, 2.05) is 24.3 Å². The van der Waals surface area contributed by atoms with Gasteiger partial charge in [-0.1, -0.05) is 30.3 Å². The van der Waals surface area contributed by atoms with Crippen LogP contribution in [0.3, 0.4) is 0 Å². The zero-order valence-corrected chi connectivity index (χ0v) is 16.5. The average molecular weight is 401 g/mol. The summed E-state index contributed by atoms with van der Waals surface area (Å²) in [6, 6.07) is 19.7. The standard InChI is InChI=1S/C23H19N3O4/c1-28-18-10-4-3-9-17(18)25-23-16(22(27)26-20-12-5-6-13-24-20)14-15-8-7-11-19(29-2)21(15)30-23/h3-14H,1-2H3,(H,24,26,27). The zero-order chi connectivity index (χ0) is 20.9. The monoisotopic (exact) mass is 401 g/mol. The fourth-order valence-corrected chi connectivity index (χ4v) is 2.98. The molecule has 0 aliphatic rings. The topological polar surface area (TPSA) is 86.0 Å². The Morgan fingerprint density at radius 3 is 2.50 bits per heavy atom. The number of nitrogens with zero attached hydrogens (tertiary/aromatic N) is 2. The minimum Gasteiger partial charge on any atom is -0.494 e. The van der Waals surface area contributed by atoms with Gasteiger partial charge in [0, 0.05) is 11.6 Å². The molecule has 2 heterocycles. The van der Waals surface area contributed by atoms with Crippen LogP contribution < -0.4 is 20.3 Å². The number of pyridine rings is 1. The van der Waals surface area contributed by atoms with Gasteiger partial charge in [0.2, 0.25) is 5.55 Å². The summed E-state index contributed by atoms with van der Waals surface area (Å²) in [5.74, 6) is 1.14. The minimum absolute atomic E-state index is 0.130. The van der Waals surface area contributed by atoms with Gasteiger partial charge in [0.1, 0.15) is 22.8 Å². The van der Waals surface area contributed by atoms with Gasteiger partial charge in [0.15, 0.2) is 11.3 Å². The van der Waals surface area contributed by atoms with E-state index in [1.165, 1.54) is 0 Å². The summed E-state index contributed by atoms with van der Waals surface area (Å²) in [4.78, 5) is 21.8. The van der Waals surface area contributed by atoms with Crippen molar-refractivity contribution < 1.29 is 18.7 Å². The second kappa shape index (κ2) is 8.48. The van der Waals surface area contributed by atoms with Crippen molar-refractivity contribution in [1.82, 2.24) is 4.98 Å². The summed E-state index contributed by atoms with van der Waals surface area (Å²) in [5, 5.41) is 3.48. The van der Waals surface area contributed by atoms with Crippen molar-refractivity contribution in [2.24, 2.45) is 4.99 Å². The van der Waals surface area contributed by atoms with Crippen LogP contribution in [0, 0.1) is 0 Å². The van der Waals surface area contributed by atoms with Gasteiger partial charge >= 0.3 is 0 Å². The van der Waals surface area contributed by atoms with Gasteiger partial charge in [-0.25, -0.2) is 9.98 Å². The number of amides is 1. The number of rotatable bonds is 5. The lowest BCUT2D eigenvalue weighted by atomic mass is 10.1. The molecule has 0 atom stereocenters. The molecule has 0 radical (unpaired) electrons. The van der Waals surface area contributed by atoms with Gasteiger partial charge in [-0.05, 0) is 36.4 Å². The van der Waals surface area contributed by atoms with E-state index >= 15 is 0 Å². The van der Waals surface area contributed by atoms with Crippen molar-refractivity contribution in [3.05, 3.63) is 84.0 Å². The maximum atomic E-state index is 13.0. The molecule has 0 aliphatic carbocycles. The van der Waals surface area contributed by atoms with Crippen molar-refractivity contribution >= 4 is 28.4 Å². The molecule has 30 heavy (non-hydrogen) atoms. The van der Waals surface area contributed by atoms with E-state index in [-0.39, 0.29) is 11.1 Å². The molecule has 150 valence electrons. The van der Waals surface area contributed by atoms with Crippen molar-refractivity contribution in [1.29, 1.82) is 0 Å². The Labute approximate surface area is 172 Å². The predicted molar refractivity (Wildman–Crippen MR) is 113 cm³/mol. The second-order valence-electron chi connectivity index (χ2n) is 6.30. The molecular weight excluding hydrogens is 382 g/mol. The Kier molecular flexibility index (Phi) is 5.43. The minimum atomic E-state index is -0.393. The molecule has 7 nitrogen and oxygen atoms in total. The van der Waals surface area contributed by atoms with Crippen LogP contribution >= 0.6 is 0 Å². The maximum Gasteiger partial charge on any atom is 0.262 e. The van der Waals surface area contributed by atoms with E-state index in [2.05, 4.69) is 15.3 Å². The summed E-state index contributed by atoms with van der Waals surface area (Å²) in [6.45, 7) is 0. The third-order valence-electron chi connectivity index (χ3n) is 4.42. The summed E-state index contributed by atoms with van der Waals surface area (Å²) < 4.78 is 16.8. The Bertz CT molecular complexity index is 1270. The number of fused-ring (bicyclic) bond motifs is 1. The van der Waals surface area contributed by atoms with Crippen molar-refractivity contribution in [3.63, 3.8) is 0 Å². The molecule has 1 N–H and O–H groups in total. The van der Waals surface area contributed by atoms with Crippen LogP contribution in [0.4, 0.5) is 11.5 Å². The smallest absolute Gasteiger partial charge is 0.262 e. The normalized spacial score (nSPS) is 11.3. The fraction of sp³-hybridized carbons (Fsp3) is 0.0870.